The van der Waals surface area contributed by atoms with Crippen molar-refractivity contribution in [3.05, 3.63) is 33.4 Å². The van der Waals surface area contributed by atoms with Crippen molar-refractivity contribution in [2.24, 2.45) is 11.7 Å². The van der Waals surface area contributed by atoms with Crippen molar-refractivity contribution in [2.75, 3.05) is 0 Å². The van der Waals surface area contributed by atoms with E-state index < -0.39 is 11.9 Å². The zero-order chi connectivity index (χ0) is 15.2. The second-order valence-corrected chi connectivity index (χ2v) is 6.95. The van der Waals surface area contributed by atoms with E-state index in [2.05, 4.69) is 27.9 Å². The third-order valence-corrected chi connectivity index (χ3v) is 4.70. The molecule has 2 amide bonds. The number of halogens is 1. The van der Waals surface area contributed by atoms with Crippen LogP contribution < -0.4 is 11.1 Å². The van der Waals surface area contributed by atoms with E-state index in [9.17, 15) is 9.59 Å². The molecule has 1 fully saturated rings. The summed E-state index contributed by atoms with van der Waals surface area (Å²) in [5.41, 5.74) is 6.42. The number of amides is 2. The fraction of sp³-hybridized carbons (Fsp3) is 0.500. The number of nitrogens with one attached hydrogen (secondary N) is 1. The molecule has 0 unspecified atom stereocenters. The van der Waals surface area contributed by atoms with Crippen molar-refractivity contribution in [3.63, 3.8) is 0 Å². The highest BCUT2D eigenvalue weighted by Crippen LogP contribution is 2.27. The summed E-state index contributed by atoms with van der Waals surface area (Å²) in [6.07, 6.45) is 5.61. The molecular weight excluding hydrogens is 379 g/mol. The van der Waals surface area contributed by atoms with Crippen molar-refractivity contribution in [3.8, 4) is 0 Å². The highest BCUT2D eigenvalue weighted by atomic mass is 127. The van der Waals surface area contributed by atoms with Crippen molar-refractivity contribution in [2.45, 2.75) is 44.6 Å². The fourth-order valence-corrected chi connectivity index (χ4v) is 3.17. The van der Waals surface area contributed by atoms with E-state index in [0.29, 0.717) is 18.8 Å². The van der Waals surface area contributed by atoms with Crippen LogP contribution in [-0.4, -0.2) is 17.9 Å². The Morgan fingerprint density at radius 3 is 2.43 bits per heavy atom. The number of benzene rings is 1. The molecule has 0 aliphatic heterocycles. The van der Waals surface area contributed by atoms with Crippen LogP contribution in [0.15, 0.2) is 24.3 Å². The summed E-state index contributed by atoms with van der Waals surface area (Å²) in [6.45, 7) is 0. The molecule has 0 radical (unpaired) electrons. The molecule has 0 bridgehead atoms. The quantitative estimate of drug-likeness (QED) is 0.720. The van der Waals surface area contributed by atoms with Gasteiger partial charge in [0, 0.05) is 16.4 Å². The largest absolute Gasteiger partial charge is 0.368 e. The Bertz CT molecular complexity index is 496. The van der Waals surface area contributed by atoms with Crippen LogP contribution in [0.3, 0.4) is 0 Å². The molecule has 0 spiro atoms. The van der Waals surface area contributed by atoms with Crippen molar-refractivity contribution >= 4 is 34.4 Å². The first-order valence-corrected chi connectivity index (χ1v) is 8.45. The van der Waals surface area contributed by atoms with Crippen LogP contribution >= 0.6 is 22.6 Å². The molecule has 114 valence electrons. The van der Waals surface area contributed by atoms with Gasteiger partial charge in [0.2, 0.25) is 11.8 Å². The van der Waals surface area contributed by atoms with Crippen molar-refractivity contribution < 1.29 is 9.59 Å². The van der Waals surface area contributed by atoms with Crippen LogP contribution in [-0.2, 0) is 16.0 Å². The molecular formula is C16H21IN2O2. The fourth-order valence-electron chi connectivity index (χ4n) is 2.81. The van der Waals surface area contributed by atoms with Gasteiger partial charge in [0.05, 0.1) is 0 Å². The van der Waals surface area contributed by atoms with Crippen molar-refractivity contribution in [1.29, 1.82) is 0 Å². The summed E-state index contributed by atoms with van der Waals surface area (Å²) >= 11 is 2.23. The third kappa shape index (κ3) is 5.30. The molecule has 1 atom stereocenters. The maximum absolute atomic E-state index is 12.0. The maximum atomic E-state index is 12.0. The van der Waals surface area contributed by atoms with E-state index in [-0.39, 0.29) is 5.91 Å². The van der Waals surface area contributed by atoms with Crippen LogP contribution in [0.4, 0.5) is 0 Å². The van der Waals surface area contributed by atoms with E-state index in [1.807, 2.05) is 24.3 Å². The lowest BCUT2D eigenvalue weighted by atomic mass is 10.0. The molecule has 0 heterocycles. The normalized spacial score (nSPS) is 16.6. The molecule has 0 aromatic heterocycles. The Labute approximate surface area is 139 Å². The van der Waals surface area contributed by atoms with Gasteiger partial charge in [-0.2, -0.15) is 0 Å². The van der Waals surface area contributed by atoms with Crippen LogP contribution in [0, 0.1) is 9.49 Å². The summed E-state index contributed by atoms with van der Waals surface area (Å²) in [5.74, 6) is -0.0682. The van der Waals surface area contributed by atoms with Gasteiger partial charge >= 0.3 is 0 Å². The molecule has 0 saturated heterocycles. The second kappa shape index (κ2) is 7.77. The van der Waals surface area contributed by atoms with Gasteiger partial charge in [-0.25, -0.2) is 0 Å². The number of carbonyl (C=O) groups is 2. The Hall–Kier alpha value is -1.11. The van der Waals surface area contributed by atoms with Crippen molar-refractivity contribution in [1.82, 2.24) is 5.32 Å². The standard InChI is InChI=1S/C16H21IN2O2/c17-13-7-5-12(6-8-13)9-14(16(18)21)19-15(20)10-11-3-1-2-4-11/h5-8,11,14H,1-4,9-10H2,(H2,18,21)(H,19,20)/t14-/m0/s1. The Balaban J connectivity index is 1.90. The third-order valence-electron chi connectivity index (χ3n) is 3.98. The van der Waals surface area contributed by atoms with E-state index in [4.69, 9.17) is 5.73 Å². The van der Waals surface area contributed by atoms with Crippen LogP contribution in [0.5, 0.6) is 0 Å². The van der Waals surface area contributed by atoms with E-state index in [1.54, 1.807) is 0 Å². The van der Waals surface area contributed by atoms with Gasteiger partial charge in [-0.15, -0.1) is 0 Å². The minimum absolute atomic E-state index is 0.0591. The van der Waals surface area contributed by atoms with E-state index in [1.165, 1.54) is 12.8 Å². The first-order chi connectivity index (χ1) is 10.0. The topological polar surface area (TPSA) is 72.2 Å². The number of hydrogen-bond acceptors (Lipinski definition) is 2. The number of carbonyl (C=O) groups excluding carboxylic acids is 2. The highest BCUT2D eigenvalue weighted by Gasteiger charge is 2.22. The highest BCUT2D eigenvalue weighted by molar-refractivity contribution is 14.1. The predicted octanol–water partition coefficient (Wildman–Crippen LogP) is 2.38. The SMILES string of the molecule is NC(=O)[C@H](Cc1ccc(I)cc1)NC(=O)CC1CCCC1. The van der Waals surface area contributed by atoms with E-state index >= 15 is 0 Å². The lowest BCUT2D eigenvalue weighted by Crippen LogP contribution is -2.46. The molecule has 1 saturated carbocycles. The van der Waals surface area contributed by atoms with Gasteiger partial charge in [-0.05, 0) is 59.0 Å². The first kappa shape index (κ1) is 16.3. The van der Waals surface area contributed by atoms with Gasteiger partial charge in [0.25, 0.3) is 0 Å². The monoisotopic (exact) mass is 400 g/mol. The summed E-state index contributed by atoms with van der Waals surface area (Å²) in [5, 5.41) is 2.79. The molecule has 5 heteroatoms. The average molecular weight is 400 g/mol. The number of primary amides is 1. The molecule has 21 heavy (non-hydrogen) atoms. The van der Waals surface area contributed by atoms with Gasteiger partial charge in [-0.1, -0.05) is 25.0 Å². The molecule has 1 aliphatic rings. The predicted molar refractivity (Wildman–Crippen MR) is 90.6 cm³/mol. The van der Waals surface area contributed by atoms with Crippen LogP contribution in [0.1, 0.15) is 37.7 Å². The minimum atomic E-state index is -0.626. The number of rotatable bonds is 6. The van der Waals surface area contributed by atoms with Gasteiger partial charge in [0.15, 0.2) is 0 Å². The Kier molecular flexibility index (Phi) is 6.02. The van der Waals surface area contributed by atoms with Gasteiger partial charge in [0.1, 0.15) is 6.04 Å². The van der Waals surface area contributed by atoms with Crippen LogP contribution in [0.2, 0.25) is 0 Å². The average Bonchev–Trinajstić information content (AvgIpc) is 2.93. The van der Waals surface area contributed by atoms with Crippen LogP contribution in [0.25, 0.3) is 0 Å². The molecule has 1 aromatic carbocycles. The van der Waals surface area contributed by atoms with E-state index in [0.717, 1.165) is 22.0 Å². The summed E-state index contributed by atoms with van der Waals surface area (Å²) in [4.78, 5) is 23.6. The Morgan fingerprint density at radius 1 is 1.24 bits per heavy atom. The summed E-state index contributed by atoms with van der Waals surface area (Å²) in [7, 11) is 0. The number of nitrogens with two attached hydrogens (primary N) is 1. The lowest BCUT2D eigenvalue weighted by Gasteiger charge is -2.17. The second-order valence-electron chi connectivity index (χ2n) is 5.71. The molecule has 1 aromatic rings. The zero-order valence-corrected chi connectivity index (χ0v) is 14.1. The van der Waals surface area contributed by atoms with Gasteiger partial charge < -0.3 is 11.1 Å². The first-order valence-electron chi connectivity index (χ1n) is 7.37. The smallest absolute Gasteiger partial charge is 0.240 e. The summed E-state index contributed by atoms with van der Waals surface area (Å²) < 4.78 is 1.14. The molecule has 2 rings (SSSR count). The molecule has 4 nitrogen and oxygen atoms in total. The summed E-state index contributed by atoms with van der Waals surface area (Å²) in [6, 6.07) is 7.25. The molecule has 3 N–H and O–H groups in total. The molecule has 1 aliphatic carbocycles. The minimum Gasteiger partial charge on any atom is -0.368 e. The van der Waals surface area contributed by atoms with Gasteiger partial charge in [-0.3, -0.25) is 9.59 Å². The zero-order valence-electron chi connectivity index (χ0n) is 12.0. The lowest BCUT2D eigenvalue weighted by molar-refractivity contribution is -0.127. The maximum Gasteiger partial charge on any atom is 0.240 e. The Morgan fingerprint density at radius 2 is 1.86 bits per heavy atom. The number of hydrogen-bond donors (Lipinski definition) is 2.